The molecule has 0 saturated heterocycles. The van der Waals surface area contributed by atoms with E-state index in [1.165, 1.54) is 33.5 Å². The molecule has 0 bridgehead atoms. The molecule has 5 nitrogen and oxygen atoms in total. The molecular weight excluding hydrogens is 1010 g/mol. The number of hydrogen-bond donors (Lipinski definition) is 0. The van der Waals surface area contributed by atoms with Crippen molar-refractivity contribution in [3.8, 4) is 39.6 Å². The van der Waals surface area contributed by atoms with Gasteiger partial charge in [0.1, 0.15) is 0 Å². The molecule has 0 N–H and O–H groups in total. The van der Waals surface area contributed by atoms with Gasteiger partial charge in [-0.1, -0.05) is 87.2 Å². The third kappa shape index (κ3) is 9.27. The maximum atomic E-state index is 6.63. The van der Waals surface area contributed by atoms with Crippen molar-refractivity contribution in [2.45, 2.75) is 90.9 Å². The van der Waals surface area contributed by atoms with Gasteiger partial charge in [-0.3, -0.25) is 4.98 Å². The molecule has 0 aliphatic carbocycles. The number of aromatic nitrogens is 4. The number of pyridine rings is 2. The number of imidazole rings is 1. The van der Waals surface area contributed by atoms with Crippen LogP contribution in [0, 0.1) is 31.9 Å². The topological polar surface area (TPSA) is 56.7 Å². The van der Waals surface area contributed by atoms with E-state index in [2.05, 4.69) is 180 Å². The number of rotatable bonds is 9. The molecule has 0 amide bonds. The Bertz CT molecular complexity index is 3000. The summed E-state index contributed by atoms with van der Waals surface area (Å²) in [6.45, 7) is 17.9. The third-order valence-corrected chi connectivity index (χ3v) is 16.1. The smallest absolute Gasteiger partial charge is 0.216 e. The Hall–Kier alpha value is -5.14. The Balaban J connectivity index is 0.000000239. The second-order valence-corrected chi connectivity index (χ2v) is 29.3. The fourth-order valence-corrected chi connectivity index (χ4v) is 12.2. The quantitative estimate of drug-likeness (QED) is 0.107. The van der Waals surface area contributed by atoms with Crippen LogP contribution in [0.4, 0.5) is 0 Å². The number of para-hydroxylation sites is 3. The van der Waals surface area contributed by atoms with Crippen LogP contribution in [0.25, 0.3) is 72.7 Å². The molecule has 0 saturated carbocycles. The fourth-order valence-electron chi connectivity index (χ4n) is 8.82. The molecule has 4 heterocycles. The maximum Gasteiger partial charge on any atom is 0.216 e. The van der Waals surface area contributed by atoms with Gasteiger partial charge < -0.3 is 8.98 Å². The molecule has 1 radical (unpaired) electrons. The van der Waals surface area contributed by atoms with E-state index in [4.69, 9.17) is 19.4 Å². The Kier molecular flexibility index (Phi) is 13.8. The van der Waals surface area contributed by atoms with Crippen LogP contribution in [0.15, 0.2) is 126 Å². The summed E-state index contributed by atoms with van der Waals surface area (Å²) in [7, 11) is 0. The molecule has 4 aromatic heterocycles. The van der Waals surface area contributed by atoms with E-state index in [-0.39, 0.29) is 20.1 Å². The molecule has 5 aromatic carbocycles. The molecule has 0 spiro atoms. The van der Waals surface area contributed by atoms with Gasteiger partial charge in [0, 0.05) is 36.7 Å². The number of furan rings is 1. The van der Waals surface area contributed by atoms with Gasteiger partial charge in [0.15, 0.2) is 0 Å². The van der Waals surface area contributed by atoms with Crippen LogP contribution in [-0.4, -0.2) is 32.8 Å². The summed E-state index contributed by atoms with van der Waals surface area (Å²) < 4.78 is 10.5. The average Bonchev–Trinajstić information content (AvgIpc) is 3.81. The Labute approximate surface area is 390 Å². The van der Waals surface area contributed by atoms with Crippen LogP contribution in [0.5, 0.6) is 0 Å². The molecule has 0 unspecified atom stereocenters. The predicted octanol–water partition coefficient (Wildman–Crippen LogP) is 14.6. The molecule has 0 aliphatic heterocycles. The summed E-state index contributed by atoms with van der Waals surface area (Å²) in [6.07, 6.45) is 3.27. The Morgan fingerprint density at radius 3 is 2.02 bits per heavy atom. The number of benzene rings is 5. The molecular formula is C56H58GeIrN4O-2. The zero-order valence-electron chi connectivity index (χ0n) is 38.5. The van der Waals surface area contributed by atoms with E-state index >= 15 is 0 Å². The zero-order chi connectivity index (χ0) is 43.9. The predicted molar refractivity (Wildman–Crippen MR) is 264 cm³/mol. The van der Waals surface area contributed by atoms with Gasteiger partial charge >= 0.3 is 126 Å². The number of fused-ring (bicyclic) bond motifs is 4. The van der Waals surface area contributed by atoms with Crippen molar-refractivity contribution in [1.29, 1.82) is 0 Å². The summed E-state index contributed by atoms with van der Waals surface area (Å²) >= 11 is -1.86. The van der Waals surface area contributed by atoms with E-state index in [1.54, 1.807) is 4.40 Å². The van der Waals surface area contributed by atoms with Gasteiger partial charge in [0.2, 0.25) is 5.71 Å². The summed E-state index contributed by atoms with van der Waals surface area (Å²) in [5.41, 5.74) is 16.1. The SMILES string of the molecule is CC(C)Cc1cc(-c2[c-]cccc2)nc[c]1[Ge]([CH3])([CH3])[CH3].Cc1cccc(C)c1-c1ccc2c(n1)oc1c(-c3nc4ccccc4n3-c3c(C(C)C)cccc3C(C)C)[c-]ccc12.[Ir]. The van der Waals surface area contributed by atoms with Crippen LogP contribution >= 0.6 is 0 Å². The van der Waals surface area contributed by atoms with Crippen molar-refractivity contribution in [3.63, 3.8) is 0 Å². The zero-order valence-corrected chi connectivity index (χ0v) is 43.0. The van der Waals surface area contributed by atoms with Gasteiger partial charge in [0.25, 0.3) is 0 Å². The monoisotopic (exact) mass is 1070 g/mol. The minimum Gasteiger partial charge on any atom is -0.486 e. The number of nitrogens with zero attached hydrogens (tertiary/aromatic N) is 4. The van der Waals surface area contributed by atoms with Gasteiger partial charge in [-0.2, -0.15) is 0 Å². The minimum atomic E-state index is -1.86. The van der Waals surface area contributed by atoms with Crippen LogP contribution in [0.3, 0.4) is 0 Å². The van der Waals surface area contributed by atoms with Gasteiger partial charge in [-0.25, -0.2) is 4.98 Å². The first-order valence-corrected chi connectivity index (χ1v) is 29.4. The minimum absolute atomic E-state index is 0. The first kappa shape index (κ1) is 45.9. The van der Waals surface area contributed by atoms with Crippen molar-refractivity contribution < 1.29 is 24.5 Å². The van der Waals surface area contributed by atoms with Crippen LogP contribution in [0.2, 0.25) is 17.3 Å². The molecule has 63 heavy (non-hydrogen) atoms. The third-order valence-electron chi connectivity index (χ3n) is 11.8. The summed E-state index contributed by atoms with van der Waals surface area (Å²) in [5, 5.41) is 2.00. The van der Waals surface area contributed by atoms with Crippen LogP contribution < -0.4 is 4.40 Å². The van der Waals surface area contributed by atoms with Gasteiger partial charge in [-0.05, 0) is 72.2 Å². The van der Waals surface area contributed by atoms with E-state index in [0.717, 1.165) is 67.7 Å². The first-order chi connectivity index (χ1) is 29.7. The molecule has 0 aliphatic rings. The van der Waals surface area contributed by atoms with E-state index in [1.807, 2.05) is 30.3 Å². The molecule has 9 aromatic rings. The molecule has 0 atom stereocenters. The second-order valence-electron chi connectivity index (χ2n) is 18.7. The van der Waals surface area contributed by atoms with Crippen molar-refractivity contribution in [2.75, 3.05) is 0 Å². The standard InChI is InChI=1S/C38H34N3O.C18H24GeN.Ir/c1-22(2)26-14-10-15-27(23(3)4)35(26)41-33-19-8-7-18-31(33)39-37(41)30-17-11-16-28-29-20-21-32(40-38(29)42-36(28)30)34-24(5)12-9-13-25(34)6;1-14(2)11-16-12-18(15-9-7-6-8-10-15)20-13-17(16)19(3,4)5;/h7-16,18-23H,1-6H3;6-9,12-14H,11H2,1-5H3;/q2*-1;. The Morgan fingerprint density at radius 2 is 1.37 bits per heavy atom. The van der Waals surface area contributed by atoms with E-state index in [9.17, 15) is 0 Å². The summed E-state index contributed by atoms with van der Waals surface area (Å²) in [6, 6.07) is 46.8. The van der Waals surface area contributed by atoms with Crippen molar-refractivity contribution in [2.24, 2.45) is 5.92 Å². The fraction of sp³-hybridized carbons (Fsp3) is 0.268. The molecule has 0 fully saturated rings. The van der Waals surface area contributed by atoms with Crippen LogP contribution in [-0.2, 0) is 26.5 Å². The largest absolute Gasteiger partial charge is 0.486 e. The van der Waals surface area contributed by atoms with E-state index in [0.29, 0.717) is 23.5 Å². The molecule has 7 heteroatoms. The number of aryl methyl sites for hydroxylation is 2. The summed E-state index contributed by atoms with van der Waals surface area (Å²) in [5.74, 6) is 9.50. The van der Waals surface area contributed by atoms with Crippen molar-refractivity contribution in [3.05, 3.63) is 161 Å². The van der Waals surface area contributed by atoms with Gasteiger partial charge in [0.05, 0.1) is 28.1 Å². The number of hydrogen-bond acceptors (Lipinski definition) is 4. The van der Waals surface area contributed by atoms with Gasteiger partial charge in [-0.15, -0.1) is 18.2 Å². The van der Waals surface area contributed by atoms with Crippen molar-refractivity contribution in [1.82, 2.24) is 19.5 Å². The normalized spacial score (nSPS) is 11.8. The maximum absolute atomic E-state index is 6.63. The average molecular weight is 1070 g/mol. The second kappa shape index (κ2) is 18.9. The first-order valence-electron chi connectivity index (χ1n) is 22.1. The Morgan fingerprint density at radius 1 is 0.683 bits per heavy atom. The van der Waals surface area contributed by atoms with Crippen LogP contribution in [0.1, 0.15) is 81.2 Å². The van der Waals surface area contributed by atoms with E-state index < -0.39 is 13.3 Å². The molecule has 323 valence electrons. The molecule has 9 rings (SSSR count). The summed E-state index contributed by atoms with van der Waals surface area (Å²) in [4.78, 5) is 14.9. The van der Waals surface area contributed by atoms with Crippen molar-refractivity contribution >= 4 is 50.8 Å².